The molecule has 3 fully saturated rings. The van der Waals surface area contributed by atoms with E-state index >= 15 is 0 Å². The smallest absolute Gasteiger partial charge is 0.191 e. The molecular weight excluding hydrogens is 437 g/mol. The Labute approximate surface area is 163 Å². The summed E-state index contributed by atoms with van der Waals surface area (Å²) in [4.78, 5) is 4.74. The van der Waals surface area contributed by atoms with Gasteiger partial charge in [0.05, 0.1) is 11.5 Å². The van der Waals surface area contributed by atoms with Gasteiger partial charge in [0.2, 0.25) is 0 Å². The van der Waals surface area contributed by atoms with Crippen molar-refractivity contribution in [2.24, 2.45) is 22.7 Å². The number of sulfone groups is 1. The highest BCUT2D eigenvalue weighted by molar-refractivity contribution is 14.0. The summed E-state index contributed by atoms with van der Waals surface area (Å²) in [6, 6.07) is 1.03. The van der Waals surface area contributed by atoms with Gasteiger partial charge >= 0.3 is 0 Å². The Hall–Kier alpha value is -0.0500. The third-order valence-corrected chi connectivity index (χ3v) is 7.54. The molecule has 0 aromatic heterocycles. The van der Waals surface area contributed by atoms with Crippen molar-refractivity contribution in [3.63, 3.8) is 0 Å². The number of halogens is 1. The van der Waals surface area contributed by atoms with Crippen molar-refractivity contribution in [2.75, 3.05) is 18.1 Å². The Morgan fingerprint density at radius 2 is 1.71 bits per heavy atom. The zero-order valence-electron chi connectivity index (χ0n) is 14.8. The maximum Gasteiger partial charge on any atom is 0.191 e. The molecule has 2 N–H and O–H groups in total. The van der Waals surface area contributed by atoms with Crippen LogP contribution in [-0.4, -0.2) is 44.5 Å². The van der Waals surface area contributed by atoms with Gasteiger partial charge in [-0.3, -0.25) is 4.99 Å². The van der Waals surface area contributed by atoms with Crippen molar-refractivity contribution in [3.05, 3.63) is 0 Å². The Bertz CT molecular complexity index is 552. The lowest BCUT2D eigenvalue weighted by Gasteiger charge is -2.31. The van der Waals surface area contributed by atoms with Crippen molar-refractivity contribution in [1.29, 1.82) is 0 Å². The second-order valence-corrected chi connectivity index (χ2v) is 10.2. The van der Waals surface area contributed by atoms with Gasteiger partial charge < -0.3 is 10.6 Å². The van der Waals surface area contributed by atoms with Gasteiger partial charge in [0.25, 0.3) is 0 Å². The van der Waals surface area contributed by atoms with Gasteiger partial charge in [0.15, 0.2) is 15.8 Å². The molecule has 5 unspecified atom stereocenters. The van der Waals surface area contributed by atoms with Crippen LogP contribution in [-0.2, 0) is 9.84 Å². The molecule has 1 saturated heterocycles. The minimum atomic E-state index is -2.81. The fourth-order valence-electron chi connectivity index (χ4n) is 3.77. The van der Waals surface area contributed by atoms with E-state index in [0.717, 1.165) is 18.3 Å². The highest BCUT2D eigenvalue weighted by Crippen LogP contribution is 2.29. The minimum absolute atomic E-state index is 0. The van der Waals surface area contributed by atoms with Gasteiger partial charge in [-0.2, -0.15) is 0 Å². The number of hydrogen-bond acceptors (Lipinski definition) is 3. The molecule has 3 rings (SSSR count). The predicted octanol–water partition coefficient (Wildman–Crippen LogP) is 2.56. The van der Waals surface area contributed by atoms with Crippen molar-refractivity contribution in [3.8, 4) is 0 Å². The highest BCUT2D eigenvalue weighted by Gasteiger charge is 2.34. The number of hydrogen-bond donors (Lipinski definition) is 2. The number of guanidine groups is 1. The molecule has 1 heterocycles. The lowest BCUT2D eigenvalue weighted by Crippen LogP contribution is -2.48. The van der Waals surface area contributed by atoms with Crippen LogP contribution in [0.3, 0.4) is 0 Å². The van der Waals surface area contributed by atoms with Crippen molar-refractivity contribution in [2.45, 2.75) is 64.5 Å². The van der Waals surface area contributed by atoms with Crippen LogP contribution in [0.1, 0.15) is 52.4 Å². The minimum Gasteiger partial charge on any atom is -0.353 e. The van der Waals surface area contributed by atoms with E-state index in [1.165, 1.54) is 32.1 Å². The fraction of sp³-hybridized carbons (Fsp3) is 0.941. The molecule has 0 radical (unpaired) electrons. The van der Waals surface area contributed by atoms with E-state index < -0.39 is 9.84 Å². The maximum atomic E-state index is 11.6. The Morgan fingerprint density at radius 3 is 2.29 bits per heavy atom. The average molecular weight is 469 g/mol. The molecule has 1 aliphatic heterocycles. The van der Waals surface area contributed by atoms with Gasteiger partial charge in [0.1, 0.15) is 0 Å². The van der Waals surface area contributed by atoms with Crippen LogP contribution in [0.2, 0.25) is 0 Å². The average Bonchev–Trinajstić information content (AvgIpc) is 3.06. The molecule has 0 aromatic rings. The van der Waals surface area contributed by atoms with E-state index in [0.29, 0.717) is 36.1 Å². The van der Waals surface area contributed by atoms with E-state index in [4.69, 9.17) is 4.99 Å². The fourth-order valence-corrected chi connectivity index (χ4v) is 5.62. The molecule has 3 aliphatic rings. The summed E-state index contributed by atoms with van der Waals surface area (Å²) in [6.07, 6.45) is 7.08. The number of rotatable bonds is 4. The topological polar surface area (TPSA) is 70.6 Å². The summed E-state index contributed by atoms with van der Waals surface area (Å²) in [5.74, 6) is 3.14. The Balaban J connectivity index is 0.00000208. The van der Waals surface area contributed by atoms with Gasteiger partial charge in [-0.25, -0.2) is 8.42 Å². The van der Waals surface area contributed by atoms with E-state index in [2.05, 4.69) is 24.5 Å². The highest BCUT2D eigenvalue weighted by atomic mass is 127. The molecule has 0 spiro atoms. The summed E-state index contributed by atoms with van der Waals surface area (Å²) in [5.41, 5.74) is 0. The Morgan fingerprint density at radius 1 is 1.04 bits per heavy atom. The molecule has 24 heavy (non-hydrogen) atoms. The zero-order chi connectivity index (χ0) is 16.4. The quantitative estimate of drug-likeness (QED) is 0.377. The molecule has 7 heteroatoms. The van der Waals surface area contributed by atoms with Crippen LogP contribution in [0.4, 0.5) is 0 Å². The molecule has 0 amide bonds. The summed E-state index contributed by atoms with van der Waals surface area (Å²) >= 11 is 0. The lowest BCUT2D eigenvalue weighted by atomic mass is 9.86. The van der Waals surface area contributed by atoms with Crippen LogP contribution in [0.5, 0.6) is 0 Å². The van der Waals surface area contributed by atoms with Crippen LogP contribution >= 0.6 is 24.0 Å². The van der Waals surface area contributed by atoms with Crippen LogP contribution in [0, 0.1) is 17.8 Å². The normalized spacial score (nSPS) is 38.2. The second kappa shape index (κ2) is 8.56. The summed E-state index contributed by atoms with van der Waals surface area (Å²) in [7, 11) is -2.81. The molecular formula is C17H32IN3O2S. The zero-order valence-corrected chi connectivity index (χ0v) is 18.0. The van der Waals surface area contributed by atoms with E-state index in [1.54, 1.807) is 0 Å². The third-order valence-electron chi connectivity index (χ3n) is 5.70. The monoisotopic (exact) mass is 469 g/mol. The van der Waals surface area contributed by atoms with Crippen LogP contribution in [0.25, 0.3) is 0 Å². The standard InChI is InChI=1S/C17H31N3O2S.HI/c1-12-5-3-4-6-15(12)19-17(20-16-9-13(16)2)18-10-14-7-8-23(21,22)11-14;/h12-16H,3-11H2,1-2H3,(H2,18,19,20);1H. The predicted molar refractivity (Wildman–Crippen MR) is 110 cm³/mol. The van der Waals surface area contributed by atoms with Gasteiger partial charge in [-0.05, 0) is 43.4 Å². The molecule has 140 valence electrons. The third kappa shape index (κ3) is 5.75. The largest absolute Gasteiger partial charge is 0.353 e. The SMILES string of the molecule is CC1CCCCC1NC(=NCC1CCS(=O)(=O)C1)NC1CC1C.I. The Kier molecular flexibility index (Phi) is 7.22. The number of nitrogens with one attached hydrogen (secondary N) is 2. The van der Waals surface area contributed by atoms with Gasteiger partial charge in [-0.1, -0.05) is 26.7 Å². The molecule has 0 bridgehead atoms. The van der Waals surface area contributed by atoms with Crippen molar-refractivity contribution < 1.29 is 8.42 Å². The maximum absolute atomic E-state index is 11.6. The molecule has 2 saturated carbocycles. The van der Waals surface area contributed by atoms with Crippen molar-refractivity contribution in [1.82, 2.24) is 10.6 Å². The number of aliphatic imine (C=N–C) groups is 1. The first-order chi connectivity index (χ1) is 10.9. The van der Waals surface area contributed by atoms with E-state index in [9.17, 15) is 8.42 Å². The molecule has 5 nitrogen and oxygen atoms in total. The molecule has 5 atom stereocenters. The summed E-state index contributed by atoms with van der Waals surface area (Å²) < 4.78 is 23.2. The first kappa shape index (κ1) is 20.3. The van der Waals surface area contributed by atoms with Crippen LogP contribution < -0.4 is 10.6 Å². The van der Waals surface area contributed by atoms with Gasteiger partial charge in [-0.15, -0.1) is 24.0 Å². The van der Waals surface area contributed by atoms with E-state index in [-0.39, 0.29) is 29.9 Å². The first-order valence-electron chi connectivity index (χ1n) is 9.21. The van der Waals surface area contributed by atoms with Gasteiger partial charge in [0, 0.05) is 18.6 Å². The van der Waals surface area contributed by atoms with Crippen LogP contribution in [0.15, 0.2) is 4.99 Å². The first-order valence-corrected chi connectivity index (χ1v) is 11.0. The second-order valence-electron chi connectivity index (χ2n) is 7.93. The lowest BCUT2D eigenvalue weighted by molar-refractivity contribution is 0.306. The summed E-state index contributed by atoms with van der Waals surface area (Å²) in [5, 5.41) is 7.17. The molecule has 2 aliphatic carbocycles. The summed E-state index contributed by atoms with van der Waals surface area (Å²) in [6.45, 7) is 5.19. The van der Waals surface area contributed by atoms with E-state index in [1.807, 2.05) is 0 Å². The van der Waals surface area contributed by atoms with Crippen molar-refractivity contribution >= 4 is 39.8 Å². The number of nitrogens with zero attached hydrogens (tertiary/aromatic N) is 1. The molecule has 0 aromatic carbocycles.